The number of rotatable bonds is 4. The lowest BCUT2D eigenvalue weighted by molar-refractivity contribution is 0.102. The summed E-state index contributed by atoms with van der Waals surface area (Å²) in [5.41, 5.74) is 6.95. The molecule has 0 fully saturated rings. The Bertz CT molecular complexity index is 775. The maximum atomic E-state index is 12.3. The predicted molar refractivity (Wildman–Crippen MR) is 109 cm³/mol. The zero-order chi connectivity index (χ0) is 18.3. The minimum atomic E-state index is -1.85. The number of nitrogens with zero attached hydrogens (tertiary/aromatic N) is 2. The molecule has 0 atom stereocenters. The fourth-order valence-electron chi connectivity index (χ4n) is 1.71. The largest absolute Gasteiger partial charge is 0.383 e. The van der Waals surface area contributed by atoms with Crippen LogP contribution in [0.15, 0.2) is 70.6 Å². The molecule has 0 spiro atoms. The summed E-state index contributed by atoms with van der Waals surface area (Å²) in [4.78, 5) is 20.7. The highest BCUT2D eigenvalue weighted by atomic mass is 35.6. The van der Waals surface area contributed by atoms with Crippen molar-refractivity contribution < 1.29 is 4.79 Å². The molecule has 0 heterocycles. The first kappa shape index (κ1) is 19.8. The molecule has 0 saturated carbocycles. The predicted octanol–water partition coefficient (Wildman–Crippen LogP) is 5.02. The smallest absolute Gasteiger partial charge is 0.247 e. The normalized spacial score (nSPS) is 12.9. The standard InChI is InChI=1S/C17H14Cl3N3OS/c18-17(19,20)15(21)23-16(22-13-9-5-2-6-10-13)25-11-14(24)12-7-3-1-4-8-12/h1-10H,11H2,(H2,21,22,23). The van der Waals surface area contributed by atoms with Crippen LogP contribution in [0.2, 0.25) is 0 Å². The molecule has 0 aliphatic rings. The second-order valence-electron chi connectivity index (χ2n) is 4.80. The second kappa shape index (κ2) is 9.25. The number of halogens is 3. The number of amidine groups is 2. The number of carbonyl (C=O) groups is 1. The first-order valence-electron chi connectivity index (χ1n) is 7.12. The Balaban J connectivity index is 2.20. The fourth-order valence-corrected chi connectivity index (χ4v) is 2.59. The Labute approximate surface area is 165 Å². The van der Waals surface area contributed by atoms with Gasteiger partial charge in [-0.25, -0.2) is 9.98 Å². The molecule has 2 aromatic rings. The van der Waals surface area contributed by atoms with Gasteiger partial charge >= 0.3 is 0 Å². The Morgan fingerprint density at radius 3 is 2.12 bits per heavy atom. The van der Waals surface area contributed by atoms with Crippen LogP contribution in [0.1, 0.15) is 10.4 Å². The van der Waals surface area contributed by atoms with Gasteiger partial charge in [0.1, 0.15) is 0 Å². The maximum Gasteiger partial charge on any atom is 0.247 e. The fraction of sp³-hybridized carbons (Fsp3) is 0.118. The van der Waals surface area contributed by atoms with Crippen LogP contribution >= 0.6 is 46.6 Å². The lowest BCUT2D eigenvalue weighted by Crippen LogP contribution is -2.29. The molecule has 8 heteroatoms. The summed E-state index contributed by atoms with van der Waals surface area (Å²) in [5, 5.41) is 0.235. The molecule has 0 saturated heterocycles. The van der Waals surface area contributed by atoms with E-state index in [1.807, 2.05) is 24.3 Å². The molecular formula is C17H14Cl3N3OS. The number of carbonyl (C=O) groups excluding carboxylic acids is 1. The van der Waals surface area contributed by atoms with Crippen LogP contribution < -0.4 is 5.73 Å². The van der Waals surface area contributed by atoms with E-state index < -0.39 is 3.79 Å². The van der Waals surface area contributed by atoms with E-state index >= 15 is 0 Å². The number of nitrogens with two attached hydrogens (primary N) is 1. The number of hydrogen-bond acceptors (Lipinski definition) is 3. The van der Waals surface area contributed by atoms with E-state index in [-0.39, 0.29) is 22.5 Å². The van der Waals surface area contributed by atoms with Gasteiger partial charge in [-0.15, -0.1) is 0 Å². The Kier molecular flexibility index (Phi) is 7.32. The molecule has 0 aliphatic heterocycles. The Morgan fingerprint density at radius 1 is 1.00 bits per heavy atom. The van der Waals surface area contributed by atoms with Crippen molar-refractivity contribution in [3.63, 3.8) is 0 Å². The van der Waals surface area contributed by atoms with E-state index in [1.54, 1.807) is 36.4 Å². The summed E-state index contributed by atoms with van der Waals surface area (Å²) >= 11 is 18.3. The van der Waals surface area contributed by atoms with Crippen molar-refractivity contribution in [1.82, 2.24) is 0 Å². The molecule has 0 unspecified atom stereocenters. The molecular weight excluding hydrogens is 401 g/mol. The third-order valence-corrected chi connectivity index (χ3v) is 4.34. The van der Waals surface area contributed by atoms with E-state index in [1.165, 1.54) is 0 Å². The average molecular weight is 415 g/mol. The van der Waals surface area contributed by atoms with E-state index in [0.29, 0.717) is 11.3 Å². The molecule has 2 N–H and O–H groups in total. The maximum absolute atomic E-state index is 12.3. The van der Waals surface area contributed by atoms with Crippen LogP contribution in [0, 0.1) is 0 Å². The zero-order valence-electron chi connectivity index (χ0n) is 12.9. The number of ketones is 1. The number of para-hydroxylation sites is 1. The number of aliphatic imine (C=N–C) groups is 2. The Hall–Kier alpha value is -1.53. The van der Waals surface area contributed by atoms with Crippen LogP contribution in [0.5, 0.6) is 0 Å². The summed E-state index contributed by atoms with van der Waals surface area (Å²) in [6.45, 7) is 0. The first-order chi connectivity index (χ1) is 11.9. The molecule has 2 aromatic carbocycles. The monoisotopic (exact) mass is 413 g/mol. The average Bonchev–Trinajstić information content (AvgIpc) is 2.60. The van der Waals surface area contributed by atoms with Gasteiger partial charge in [-0.2, -0.15) is 0 Å². The van der Waals surface area contributed by atoms with Crippen molar-refractivity contribution >= 4 is 69.0 Å². The van der Waals surface area contributed by atoms with Gasteiger partial charge in [0.15, 0.2) is 16.8 Å². The molecule has 25 heavy (non-hydrogen) atoms. The van der Waals surface area contributed by atoms with E-state index in [4.69, 9.17) is 40.5 Å². The zero-order valence-corrected chi connectivity index (χ0v) is 16.0. The summed E-state index contributed by atoms with van der Waals surface area (Å²) in [6, 6.07) is 18.1. The van der Waals surface area contributed by atoms with Crippen LogP contribution in [0.4, 0.5) is 5.69 Å². The van der Waals surface area contributed by atoms with Crippen molar-refractivity contribution in [2.24, 2.45) is 15.7 Å². The Morgan fingerprint density at radius 2 is 1.56 bits per heavy atom. The highest BCUT2D eigenvalue weighted by Gasteiger charge is 2.26. The molecule has 0 bridgehead atoms. The summed E-state index contributed by atoms with van der Waals surface area (Å²) < 4.78 is -1.85. The van der Waals surface area contributed by atoms with Gasteiger partial charge in [-0.3, -0.25) is 4.79 Å². The minimum Gasteiger partial charge on any atom is -0.383 e. The van der Waals surface area contributed by atoms with Crippen molar-refractivity contribution in [3.05, 3.63) is 66.2 Å². The van der Waals surface area contributed by atoms with Gasteiger partial charge < -0.3 is 5.73 Å². The van der Waals surface area contributed by atoms with Crippen LogP contribution in [-0.4, -0.2) is 26.3 Å². The summed E-state index contributed by atoms with van der Waals surface area (Å²) in [5.74, 6) is -0.146. The third-order valence-electron chi connectivity index (χ3n) is 2.92. The molecule has 0 aromatic heterocycles. The van der Waals surface area contributed by atoms with Crippen LogP contribution in [0.3, 0.4) is 0 Å². The molecule has 0 amide bonds. The molecule has 0 aliphatic carbocycles. The number of benzene rings is 2. The highest BCUT2D eigenvalue weighted by Crippen LogP contribution is 2.27. The van der Waals surface area contributed by atoms with E-state index in [0.717, 1.165) is 11.8 Å². The van der Waals surface area contributed by atoms with Crippen molar-refractivity contribution in [1.29, 1.82) is 0 Å². The van der Waals surface area contributed by atoms with E-state index in [2.05, 4.69) is 9.98 Å². The van der Waals surface area contributed by atoms with Gasteiger partial charge in [0, 0.05) is 5.56 Å². The van der Waals surface area contributed by atoms with Crippen molar-refractivity contribution in [3.8, 4) is 0 Å². The summed E-state index contributed by atoms with van der Waals surface area (Å²) in [6.07, 6.45) is 0. The quantitative estimate of drug-likeness (QED) is 0.331. The first-order valence-corrected chi connectivity index (χ1v) is 9.24. The number of hydrogen-bond donors (Lipinski definition) is 1. The molecule has 4 nitrogen and oxygen atoms in total. The van der Waals surface area contributed by atoms with Gasteiger partial charge in [-0.1, -0.05) is 95.1 Å². The number of thioether (sulfide) groups is 1. The minimum absolute atomic E-state index is 0.0611. The second-order valence-corrected chi connectivity index (χ2v) is 8.03. The van der Waals surface area contributed by atoms with Crippen LogP contribution in [-0.2, 0) is 0 Å². The SMILES string of the molecule is N/C(=N\C(=Nc1ccccc1)SCC(=O)c1ccccc1)C(Cl)(Cl)Cl. The highest BCUT2D eigenvalue weighted by molar-refractivity contribution is 8.14. The molecule has 0 radical (unpaired) electrons. The number of Topliss-reactive ketones (excluding diaryl/α,β-unsaturated/α-hetero) is 1. The topological polar surface area (TPSA) is 67.8 Å². The van der Waals surface area contributed by atoms with Gasteiger partial charge in [0.05, 0.1) is 11.4 Å². The van der Waals surface area contributed by atoms with Gasteiger partial charge in [-0.05, 0) is 12.1 Å². The van der Waals surface area contributed by atoms with Gasteiger partial charge in [0.2, 0.25) is 3.79 Å². The molecule has 130 valence electrons. The summed E-state index contributed by atoms with van der Waals surface area (Å²) in [7, 11) is 0. The van der Waals surface area contributed by atoms with Crippen molar-refractivity contribution in [2.45, 2.75) is 3.79 Å². The lowest BCUT2D eigenvalue weighted by atomic mass is 10.2. The van der Waals surface area contributed by atoms with Crippen molar-refractivity contribution in [2.75, 3.05) is 5.75 Å². The van der Waals surface area contributed by atoms with Gasteiger partial charge in [0.25, 0.3) is 0 Å². The lowest BCUT2D eigenvalue weighted by Gasteiger charge is -2.10. The third kappa shape index (κ3) is 6.71. The van der Waals surface area contributed by atoms with E-state index in [9.17, 15) is 4.79 Å². The number of alkyl halides is 3. The van der Waals surface area contributed by atoms with Crippen LogP contribution in [0.25, 0.3) is 0 Å². The molecule has 2 rings (SSSR count).